The van der Waals surface area contributed by atoms with Crippen LogP contribution in [0.25, 0.3) is 0 Å². The maximum atomic E-state index is 12.1. The molecular formula is C17H17N3O. The number of nitriles is 1. The summed E-state index contributed by atoms with van der Waals surface area (Å²) in [6.07, 6.45) is 0.292. The van der Waals surface area contributed by atoms with Gasteiger partial charge in [-0.15, -0.1) is 0 Å². The first-order chi connectivity index (χ1) is 9.99. The molecule has 0 aliphatic rings. The molecule has 2 aromatic rings. The van der Waals surface area contributed by atoms with E-state index in [9.17, 15) is 4.79 Å². The molecule has 2 aromatic carbocycles. The van der Waals surface area contributed by atoms with Crippen molar-refractivity contribution >= 4 is 17.3 Å². The van der Waals surface area contributed by atoms with Crippen molar-refractivity contribution in [3.05, 3.63) is 58.7 Å². The van der Waals surface area contributed by atoms with Crippen molar-refractivity contribution in [2.24, 2.45) is 0 Å². The van der Waals surface area contributed by atoms with Crippen molar-refractivity contribution in [2.75, 3.05) is 11.1 Å². The number of anilines is 2. The maximum Gasteiger partial charge on any atom is 0.228 e. The Hall–Kier alpha value is -2.80. The number of hydrogen-bond acceptors (Lipinski definition) is 3. The lowest BCUT2D eigenvalue weighted by Crippen LogP contribution is -2.15. The Labute approximate surface area is 124 Å². The SMILES string of the molecule is Cc1ccc(CC(=O)Nc2ccc(C#N)cc2N)cc1C. The van der Waals surface area contributed by atoms with E-state index in [2.05, 4.69) is 5.32 Å². The number of rotatable bonds is 3. The maximum absolute atomic E-state index is 12.1. The van der Waals surface area contributed by atoms with E-state index in [-0.39, 0.29) is 5.91 Å². The zero-order valence-corrected chi connectivity index (χ0v) is 12.1. The summed E-state index contributed by atoms with van der Waals surface area (Å²) in [4.78, 5) is 12.1. The highest BCUT2D eigenvalue weighted by atomic mass is 16.1. The van der Waals surface area contributed by atoms with Crippen LogP contribution in [0.5, 0.6) is 0 Å². The molecule has 1 amide bonds. The lowest BCUT2D eigenvalue weighted by atomic mass is 10.0. The third-order valence-electron chi connectivity index (χ3n) is 3.39. The minimum absolute atomic E-state index is 0.130. The number of carbonyl (C=O) groups is 1. The van der Waals surface area contributed by atoms with Gasteiger partial charge in [-0.1, -0.05) is 18.2 Å². The van der Waals surface area contributed by atoms with E-state index in [4.69, 9.17) is 11.0 Å². The highest BCUT2D eigenvalue weighted by molar-refractivity contribution is 5.95. The Balaban J connectivity index is 2.08. The zero-order chi connectivity index (χ0) is 15.4. The molecule has 0 aliphatic carbocycles. The normalized spacial score (nSPS) is 9.95. The van der Waals surface area contributed by atoms with Crippen molar-refractivity contribution in [2.45, 2.75) is 20.3 Å². The summed E-state index contributed by atoms with van der Waals surface area (Å²) < 4.78 is 0. The summed E-state index contributed by atoms with van der Waals surface area (Å²) >= 11 is 0. The second kappa shape index (κ2) is 6.10. The van der Waals surface area contributed by atoms with Crippen molar-refractivity contribution in [1.82, 2.24) is 0 Å². The summed E-state index contributed by atoms with van der Waals surface area (Å²) in [6, 6.07) is 12.8. The number of hydrogen-bond donors (Lipinski definition) is 2. The fourth-order valence-electron chi connectivity index (χ4n) is 2.04. The summed E-state index contributed by atoms with van der Waals surface area (Å²) in [7, 11) is 0. The molecule has 0 radical (unpaired) electrons. The molecule has 0 atom stereocenters. The number of carbonyl (C=O) groups excluding carboxylic acids is 1. The molecule has 0 saturated carbocycles. The van der Waals surface area contributed by atoms with Crippen LogP contribution in [0.15, 0.2) is 36.4 Å². The summed E-state index contributed by atoms with van der Waals surface area (Å²) in [6.45, 7) is 4.06. The highest BCUT2D eigenvalue weighted by Gasteiger charge is 2.08. The first-order valence-electron chi connectivity index (χ1n) is 6.65. The lowest BCUT2D eigenvalue weighted by Gasteiger charge is -2.09. The van der Waals surface area contributed by atoms with Gasteiger partial charge in [0.2, 0.25) is 5.91 Å². The Morgan fingerprint density at radius 1 is 1.19 bits per heavy atom. The van der Waals surface area contributed by atoms with Crippen LogP contribution in [0, 0.1) is 25.2 Å². The second-order valence-corrected chi connectivity index (χ2v) is 5.06. The van der Waals surface area contributed by atoms with Crippen molar-refractivity contribution < 1.29 is 4.79 Å². The quantitative estimate of drug-likeness (QED) is 0.848. The largest absolute Gasteiger partial charge is 0.397 e. The molecular weight excluding hydrogens is 262 g/mol. The van der Waals surface area contributed by atoms with Crippen LogP contribution in [0.4, 0.5) is 11.4 Å². The number of nitrogen functional groups attached to an aromatic ring is 1. The van der Waals surface area contributed by atoms with Crippen LogP contribution < -0.4 is 11.1 Å². The van der Waals surface area contributed by atoms with E-state index in [1.54, 1.807) is 18.2 Å². The van der Waals surface area contributed by atoms with Crippen molar-refractivity contribution in [3.8, 4) is 6.07 Å². The van der Waals surface area contributed by atoms with Gasteiger partial charge in [-0.25, -0.2) is 0 Å². The van der Waals surface area contributed by atoms with Crippen LogP contribution in [-0.4, -0.2) is 5.91 Å². The third-order valence-corrected chi connectivity index (χ3v) is 3.39. The molecule has 4 heteroatoms. The molecule has 0 unspecified atom stereocenters. The molecule has 0 bridgehead atoms. The lowest BCUT2D eigenvalue weighted by molar-refractivity contribution is -0.115. The third kappa shape index (κ3) is 3.61. The van der Waals surface area contributed by atoms with Crippen molar-refractivity contribution in [1.29, 1.82) is 5.26 Å². The molecule has 21 heavy (non-hydrogen) atoms. The standard InChI is InChI=1S/C17H17N3O/c1-11-3-4-13(7-12(11)2)9-17(21)20-16-6-5-14(10-18)8-15(16)19/h3-8H,9,19H2,1-2H3,(H,20,21). The minimum atomic E-state index is -0.130. The van der Waals surface area contributed by atoms with Gasteiger partial charge in [-0.2, -0.15) is 5.26 Å². The molecule has 0 heterocycles. The van der Waals surface area contributed by atoms with E-state index >= 15 is 0 Å². The average molecular weight is 279 g/mol. The second-order valence-electron chi connectivity index (χ2n) is 5.06. The van der Waals surface area contributed by atoms with Gasteiger partial charge in [-0.05, 0) is 48.7 Å². The predicted octanol–water partition coefficient (Wildman–Crippen LogP) is 2.94. The number of benzene rings is 2. The van der Waals surface area contributed by atoms with Gasteiger partial charge < -0.3 is 11.1 Å². The number of nitrogens with two attached hydrogens (primary N) is 1. The highest BCUT2D eigenvalue weighted by Crippen LogP contribution is 2.20. The van der Waals surface area contributed by atoms with Gasteiger partial charge in [0, 0.05) is 0 Å². The first kappa shape index (κ1) is 14.6. The molecule has 0 aromatic heterocycles. The van der Waals surface area contributed by atoms with Gasteiger partial charge in [0.15, 0.2) is 0 Å². The molecule has 0 spiro atoms. The smallest absolute Gasteiger partial charge is 0.228 e. The van der Waals surface area contributed by atoms with E-state index < -0.39 is 0 Å². The number of nitrogens with one attached hydrogen (secondary N) is 1. The molecule has 3 N–H and O–H groups in total. The van der Waals surface area contributed by atoms with Gasteiger partial charge in [-0.3, -0.25) is 4.79 Å². The van der Waals surface area contributed by atoms with Crippen LogP contribution in [0.1, 0.15) is 22.3 Å². The Morgan fingerprint density at radius 3 is 2.57 bits per heavy atom. The zero-order valence-electron chi connectivity index (χ0n) is 12.1. The van der Waals surface area contributed by atoms with Gasteiger partial charge in [0.1, 0.15) is 0 Å². The van der Waals surface area contributed by atoms with Gasteiger partial charge >= 0.3 is 0 Å². The molecule has 106 valence electrons. The Bertz CT molecular complexity index is 729. The Morgan fingerprint density at radius 2 is 1.95 bits per heavy atom. The summed E-state index contributed by atoms with van der Waals surface area (Å²) in [5.74, 6) is -0.130. The predicted molar refractivity (Wildman–Crippen MR) is 83.8 cm³/mol. The topological polar surface area (TPSA) is 78.9 Å². The fraction of sp³-hybridized carbons (Fsp3) is 0.176. The summed E-state index contributed by atoms with van der Waals surface area (Å²) in [5.41, 5.74) is 10.5. The summed E-state index contributed by atoms with van der Waals surface area (Å²) in [5, 5.41) is 11.6. The monoisotopic (exact) mass is 279 g/mol. The van der Waals surface area contributed by atoms with E-state index in [0.29, 0.717) is 23.4 Å². The van der Waals surface area contributed by atoms with Crippen molar-refractivity contribution in [3.63, 3.8) is 0 Å². The number of aryl methyl sites for hydroxylation is 2. The molecule has 0 aliphatic heterocycles. The van der Waals surface area contributed by atoms with Crippen LogP contribution >= 0.6 is 0 Å². The van der Waals surface area contributed by atoms with E-state index in [1.807, 2.05) is 38.1 Å². The van der Waals surface area contributed by atoms with E-state index in [0.717, 1.165) is 11.1 Å². The van der Waals surface area contributed by atoms with Crippen LogP contribution in [-0.2, 0) is 11.2 Å². The molecule has 0 saturated heterocycles. The number of amides is 1. The number of nitrogens with zero attached hydrogens (tertiary/aromatic N) is 1. The average Bonchev–Trinajstić information content (AvgIpc) is 2.45. The molecule has 0 fully saturated rings. The van der Waals surface area contributed by atoms with E-state index in [1.165, 1.54) is 5.56 Å². The van der Waals surface area contributed by atoms with Gasteiger partial charge in [0.25, 0.3) is 0 Å². The minimum Gasteiger partial charge on any atom is -0.397 e. The van der Waals surface area contributed by atoms with Crippen LogP contribution in [0.3, 0.4) is 0 Å². The molecule has 4 nitrogen and oxygen atoms in total. The molecule has 2 rings (SSSR count). The Kier molecular flexibility index (Phi) is 4.24. The van der Waals surface area contributed by atoms with Crippen LogP contribution in [0.2, 0.25) is 0 Å². The first-order valence-corrected chi connectivity index (χ1v) is 6.65. The fourth-order valence-corrected chi connectivity index (χ4v) is 2.04. The van der Waals surface area contributed by atoms with Gasteiger partial charge in [0.05, 0.1) is 29.4 Å².